The zero-order valence-corrected chi connectivity index (χ0v) is 18.9. The molecule has 0 heterocycles. The molecule has 25 heavy (non-hydrogen) atoms. The van der Waals surface area contributed by atoms with E-state index < -0.39 is 0 Å². The lowest BCUT2D eigenvalue weighted by Gasteiger charge is -2.55. The van der Waals surface area contributed by atoms with Crippen molar-refractivity contribution in [2.24, 2.45) is 10.4 Å². The number of methoxy groups -OCH3 is 1. The number of halogens is 1. The topological polar surface area (TPSA) is 64.1 Å². The molecule has 6 nitrogen and oxygen atoms in total. The van der Waals surface area contributed by atoms with Gasteiger partial charge in [-0.3, -0.25) is 4.99 Å². The number of guanidine groups is 1. The van der Waals surface area contributed by atoms with Crippen LogP contribution in [0.2, 0.25) is 0 Å². The van der Waals surface area contributed by atoms with Gasteiger partial charge in [-0.15, -0.1) is 24.0 Å². The van der Waals surface area contributed by atoms with E-state index in [1.165, 1.54) is 0 Å². The molecule has 1 aliphatic rings. The number of rotatable bonds is 12. The van der Waals surface area contributed by atoms with Crippen LogP contribution in [0.25, 0.3) is 0 Å². The average molecular weight is 471 g/mol. The van der Waals surface area contributed by atoms with E-state index in [1.54, 1.807) is 7.11 Å². The summed E-state index contributed by atoms with van der Waals surface area (Å²) in [5, 5.41) is 6.97. The maximum Gasteiger partial charge on any atom is 0.191 e. The molecule has 1 rings (SSSR count). The molecule has 0 aromatic carbocycles. The zero-order chi connectivity index (χ0) is 17.8. The van der Waals surface area contributed by atoms with Gasteiger partial charge in [-0.25, -0.2) is 0 Å². The second-order valence-electron chi connectivity index (χ2n) is 6.27. The van der Waals surface area contributed by atoms with Crippen LogP contribution in [-0.2, 0) is 14.2 Å². The molecule has 7 heteroatoms. The lowest BCUT2D eigenvalue weighted by atomic mass is 9.58. The monoisotopic (exact) mass is 471 g/mol. The third-order valence-corrected chi connectivity index (χ3v) is 5.19. The van der Waals surface area contributed by atoms with Crippen molar-refractivity contribution in [1.82, 2.24) is 10.6 Å². The Balaban J connectivity index is 0.00000576. The van der Waals surface area contributed by atoms with Gasteiger partial charge in [0.15, 0.2) is 5.96 Å². The quantitative estimate of drug-likeness (QED) is 0.198. The van der Waals surface area contributed by atoms with Crippen LogP contribution < -0.4 is 10.6 Å². The summed E-state index contributed by atoms with van der Waals surface area (Å²) in [6, 6.07) is 0.424. The molecule has 1 fully saturated rings. The summed E-state index contributed by atoms with van der Waals surface area (Å²) >= 11 is 0. The summed E-state index contributed by atoms with van der Waals surface area (Å²) in [5.74, 6) is 0.873. The fourth-order valence-corrected chi connectivity index (χ4v) is 3.57. The Kier molecular flexibility index (Phi) is 13.9. The van der Waals surface area contributed by atoms with Crippen LogP contribution in [0, 0.1) is 5.41 Å². The van der Waals surface area contributed by atoms with E-state index in [4.69, 9.17) is 14.2 Å². The third kappa shape index (κ3) is 7.19. The summed E-state index contributed by atoms with van der Waals surface area (Å²) in [6.45, 7) is 10.3. The first-order valence-corrected chi connectivity index (χ1v) is 9.33. The molecule has 0 saturated heterocycles. The van der Waals surface area contributed by atoms with Crippen molar-refractivity contribution in [3.63, 3.8) is 0 Å². The van der Waals surface area contributed by atoms with Gasteiger partial charge in [0.25, 0.3) is 0 Å². The number of nitrogens with zero attached hydrogens (tertiary/aromatic N) is 1. The highest BCUT2D eigenvalue weighted by Crippen LogP contribution is 2.48. The molecule has 0 bridgehead atoms. The SMILES string of the molecule is CCOC1CC(NC(=NC)NCCCOCCOC)C1(CC)CC.I. The molecule has 0 radical (unpaired) electrons. The minimum Gasteiger partial charge on any atom is -0.382 e. The van der Waals surface area contributed by atoms with Gasteiger partial charge >= 0.3 is 0 Å². The maximum atomic E-state index is 5.94. The van der Waals surface area contributed by atoms with E-state index in [-0.39, 0.29) is 29.4 Å². The van der Waals surface area contributed by atoms with E-state index in [2.05, 4.69) is 36.4 Å². The van der Waals surface area contributed by atoms with Gasteiger partial charge in [0.2, 0.25) is 0 Å². The second kappa shape index (κ2) is 14.0. The van der Waals surface area contributed by atoms with E-state index in [1.807, 2.05) is 7.05 Å². The Bertz CT molecular complexity index is 365. The Hall–Kier alpha value is -0.120. The van der Waals surface area contributed by atoms with Crippen LogP contribution >= 0.6 is 24.0 Å². The number of ether oxygens (including phenoxy) is 3. The normalized spacial score (nSPS) is 22.0. The van der Waals surface area contributed by atoms with Crippen LogP contribution in [0.4, 0.5) is 0 Å². The number of hydrogen-bond donors (Lipinski definition) is 2. The van der Waals surface area contributed by atoms with Crippen molar-refractivity contribution in [2.45, 2.75) is 58.6 Å². The van der Waals surface area contributed by atoms with Crippen molar-refractivity contribution < 1.29 is 14.2 Å². The number of nitrogens with one attached hydrogen (secondary N) is 2. The highest BCUT2D eigenvalue weighted by Gasteiger charge is 2.53. The van der Waals surface area contributed by atoms with Crippen molar-refractivity contribution >= 4 is 29.9 Å². The standard InChI is InChI=1S/C18H37N3O3.HI/c1-6-18(7-2)15(14-16(18)24-8-3)21-17(19-4)20-10-9-11-23-13-12-22-5;/h15-16H,6-14H2,1-5H3,(H2,19,20,21);1H. The molecule has 0 spiro atoms. The van der Waals surface area contributed by atoms with Gasteiger partial charge in [-0.1, -0.05) is 13.8 Å². The van der Waals surface area contributed by atoms with Gasteiger partial charge in [-0.05, 0) is 32.6 Å². The van der Waals surface area contributed by atoms with E-state index in [0.717, 1.165) is 51.4 Å². The van der Waals surface area contributed by atoms with Gasteiger partial charge < -0.3 is 24.8 Å². The predicted octanol–water partition coefficient (Wildman–Crippen LogP) is 2.81. The molecule has 0 amide bonds. The Morgan fingerprint density at radius 1 is 1.16 bits per heavy atom. The molecular weight excluding hydrogens is 433 g/mol. The molecule has 2 atom stereocenters. The summed E-state index contributed by atoms with van der Waals surface area (Å²) in [4.78, 5) is 4.36. The average Bonchev–Trinajstić information content (AvgIpc) is 2.59. The minimum atomic E-state index is 0. The predicted molar refractivity (Wildman–Crippen MR) is 114 cm³/mol. The van der Waals surface area contributed by atoms with Crippen LogP contribution in [0.1, 0.15) is 46.5 Å². The van der Waals surface area contributed by atoms with Gasteiger partial charge in [0.05, 0.1) is 19.3 Å². The van der Waals surface area contributed by atoms with Crippen LogP contribution in [0.5, 0.6) is 0 Å². The molecular formula is C18H38IN3O3. The first-order valence-electron chi connectivity index (χ1n) is 9.33. The van der Waals surface area contributed by atoms with Crippen molar-refractivity contribution in [3.8, 4) is 0 Å². The van der Waals surface area contributed by atoms with Crippen LogP contribution in [-0.4, -0.2) is 65.2 Å². The summed E-state index contributed by atoms with van der Waals surface area (Å²) in [5.41, 5.74) is 0.219. The summed E-state index contributed by atoms with van der Waals surface area (Å²) < 4.78 is 16.4. The highest BCUT2D eigenvalue weighted by atomic mass is 127. The van der Waals surface area contributed by atoms with Crippen molar-refractivity contribution in [1.29, 1.82) is 0 Å². The summed E-state index contributed by atoms with van der Waals surface area (Å²) in [7, 11) is 3.51. The van der Waals surface area contributed by atoms with E-state index >= 15 is 0 Å². The molecule has 0 aromatic heterocycles. The number of hydrogen-bond acceptors (Lipinski definition) is 4. The van der Waals surface area contributed by atoms with Crippen LogP contribution in [0.15, 0.2) is 4.99 Å². The Morgan fingerprint density at radius 2 is 1.88 bits per heavy atom. The van der Waals surface area contributed by atoms with E-state index in [0.29, 0.717) is 25.4 Å². The maximum absolute atomic E-state index is 5.94. The zero-order valence-electron chi connectivity index (χ0n) is 16.6. The molecule has 2 N–H and O–H groups in total. The smallest absolute Gasteiger partial charge is 0.191 e. The van der Waals surface area contributed by atoms with Crippen molar-refractivity contribution in [3.05, 3.63) is 0 Å². The first-order chi connectivity index (χ1) is 11.7. The lowest BCUT2D eigenvalue weighted by Crippen LogP contribution is -2.65. The molecule has 1 aliphatic carbocycles. The largest absolute Gasteiger partial charge is 0.382 e. The van der Waals surface area contributed by atoms with Gasteiger partial charge in [0, 0.05) is 45.4 Å². The lowest BCUT2D eigenvalue weighted by molar-refractivity contribution is -0.133. The molecule has 0 aromatic rings. The fourth-order valence-electron chi connectivity index (χ4n) is 3.57. The molecule has 1 saturated carbocycles. The fraction of sp³-hybridized carbons (Fsp3) is 0.944. The van der Waals surface area contributed by atoms with Gasteiger partial charge in [-0.2, -0.15) is 0 Å². The highest BCUT2D eigenvalue weighted by molar-refractivity contribution is 14.0. The third-order valence-electron chi connectivity index (χ3n) is 5.19. The molecule has 2 unspecified atom stereocenters. The molecule has 150 valence electrons. The minimum absolute atomic E-state index is 0. The van der Waals surface area contributed by atoms with E-state index in [9.17, 15) is 0 Å². The van der Waals surface area contributed by atoms with Crippen LogP contribution in [0.3, 0.4) is 0 Å². The summed E-state index contributed by atoms with van der Waals surface area (Å²) in [6.07, 6.45) is 4.61. The second-order valence-corrected chi connectivity index (χ2v) is 6.27. The first kappa shape index (κ1) is 24.9. The van der Waals surface area contributed by atoms with Gasteiger partial charge in [0.1, 0.15) is 0 Å². The van der Waals surface area contributed by atoms with Crippen molar-refractivity contribution in [2.75, 3.05) is 47.1 Å². The Labute approximate surface area is 170 Å². The Morgan fingerprint density at radius 3 is 2.44 bits per heavy atom. The number of aliphatic imine (C=N–C) groups is 1. The molecule has 0 aliphatic heterocycles.